The summed E-state index contributed by atoms with van der Waals surface area (Å²) in [4.78, 5) is 5.96. The average Bonchev–Trinajstić information content (AvgIpc) is 3.18. The molecule has 0 atom stereocenters. The first-order chi connectivity index (χ1) is 13.6. The lowest BCUT2D eigenvalue weighted by Gasteiger charge is -2.15. The Balaban J connectivity index is 1.96. The highest BCUT2D eigenvalue weighted by Gasteiger charge is 2.28. The van der Waals surface area contributed by atoms with Crippen LogP contribution in [0.5, 0.6) is 0 Å². The number of likely N-dealkylation sites (N-methyl/N-ethyl adjacent to an activating group) is 1. The molecule has 2 aromatic carbocycles. The van der Waals surface area contributed by atoms with Crippen molar-refractivity contribution < 1.29 is 17.7 Å². The van der Waals surface area contributed by atoms with Crippen molar-refractivity contribution in [2.45, 2.75) is 23.8 Å². The summed E-state index contributed by atoms with van der Waals surface area (Å²) in [5, 5.41) is 3.07. The minimum absolute atomic E-state index is 0.0768. The largest absolute Gasteiger partial charge is 0.419 e. The van der Waals surface area contributed by atoms with Gasteiger partial charge in [0.15, 0.2) is 0 Å². The molecule has 0 unspecified atom stereocenters. The van der Waals surface area contributed by atoms with Gasteiger partial charge in [0.05, 0.1) is 31.1 Å². The van der Waals surface area contributed by atoms with Crippen LogP contribution in [0.15, 0.2) is 75.0 Å². The van der Waals surface area contributed by atoms with E-state index < -0.39 is 9.84 Å². The molecule has 3 aromatic rings. The number of hydrogen-bond donors (Lipinski definition) is 2. The molecule has 7 heteroatoms. The van der Waals surface area contributed by atoms with Gasteiger partial charge in [-0.05, 0) is 38.1 Å². The second kappa shape index (κ2) is 9.03. The molecule has 0 aliphatic rings. The van der Waals surface area contributed by atoms with Crippen LogP contribution < -0.4 is 10.2 Å². The zero-order valence-electron chi connectivity index (χ0n) is 16.2. The predicted octanol–water partition coefficient (Wildman–Crippen LogP) is 2.51. The number of anilines is 1. The summed E-state index contributed by atoms with van der Waals surface area (Å²) in [7, 11) is -3.79. The number of sulfone groups is 1. The highest BCUT2D eigenvalue weighted by Crippen LogP contribution is 2.32. The fourth-order valence-electron chi connectivity index (χ4n) is 2.97. The number of hydrogen-bond acceptors (Lipinski definition) is 5. The van der Waals surface area contributed by atoms with Crippen molar-refractivity contribution in [1.82, 2.24) is 4.98 Å². The van der Waals surface area contributed by atoms with E-state index in [1.165, 1.54) is 4.90 Å². The standard InChI is InChI=1S/C21H25N3O3S/c1-3-24(4-2)16-15-22-20-21(28(25,26)18-13-9-6-10-14-18)23-19(27-20)17-11-7-5-8-12-17/h5-14,22H,3-4,15-16H2,1-2H3/p+1. The quantitative estimate of drug-likeness (QED) is 0.577. The summed E-state index contributed by atoms with van der Waals surface area (Å²) in [6.07, 6.45) is 0. The van der Waals surface area contributed by atoms with Crippen molar-refractivity contribution in [3.8, 4) is 11.5 Å². The molecule has 2 N–H and O–H groups in total. The van der Waals surface area contributed by atoms with Gasteiger partial charge >= 0.3 is 0 Å². The Kier molecular flexibility index (Phi) is 6.49. The van der Waals surface area contributed by atoms with Gasteiger partial charge in [-0.2, -0.15) is 4.98 Å². The number of nitrogens with one attached hydrogen (secondary N) is 2. The molecule has 148 valence electrons. The maximum Gasteiger partial charge on any atom is 0.234 e. The Labute approximate surface area is 166 Å². The summed E-state index contributed by atoms with van der Waals surface area (Å²) < 4.78 is 32.1. The molecule has 0 amide bonds. The van der Waals surface area contributed by atoms with E-state index in [-0.39, 0.29) is 21.7 Å². The lowest BCUT2D eigenvalue weighted by molar-refractivity contribution is -0.894. The van der Waals surface area contributed by atoms with Gasteiger partial charge < -0.3 is 14.6 Å². The van der Waals surface area contributed by atoms with E-state index in [1.54, 1.807) is 30.3 Å². The third-order valence-electron chi connectivity index (χ3n) is 4.69. The molecule has 3 rings (SSSR count). The Hall–Kier alpha value is -2.64. The van der Waals surface area contributed by atoms with Gasteiger partial charge in [0.2, 0.25) is 26.6 Å². The first-order valence-electron chi connectivity index (χ1n) is 9.50. The van der Waals surface area contributed by atoms with E-state index in [0.29, 0.717) is 6.54 Å². The SMILES string of the molecule is CC[NH+](CC)CCNc1oc(-c2ccccc2)nc1S(=O)(=O)c1ccccc1. The van der Waals surface area contributed by atoms with Crippen molar-refractivity contribution in [3.63, 3.8) is 0 Å². The van der Waals surface area contributed by atoms with E-state index in [4.69, 9.17) is 4.42 Å². The van der Waals surface area contributed by atoms with Crippen molar-refractivity contribution in [3.05, 3.63) is 60.7 Å². The van der Waals surface area contributed by atoms with Crippen LogP contribution in [0.2, 0.25) is 0 Å². The Bertz CT molecular complexity index is 982. The molecule has 6 nitrogen and oxygen atoms in total. The van der Waals surface area contributed by atoms with Gasteiger partial charge in [0.1, 0.15) is 0 Å². The van der Waals surface area contributed by atoms with Crippen LogP contribution in [0, 0.1) is 0 Å². The lowest BCUT2D eigenvalue weighted by Crippen LogP contribution is -3.12. The zero-order valence-corrected chi connectivity index (χ0v) is 17.0. The second-order valence-corrected chi connectivity index (χ2v) is 8.33. The Morgan fingerprint density at radius 3 is 2.18 bits per heavy atom. The number of rotatable bonds is 9. The molecule has 0 aliphatic carbocycles. The van der Waals surface area contributed by atoms with Gasteiger partial charge in [-0.1, -0.05) is 36.4 Å². The Morgan fingerprint density at radius 2 is 1.57 bits per heavy atom. The summed E-state index contributed by atoms with van der Waals surface area (Å²) in [6, 6.07) is 17.6. The summed E-state index contributed by atoms with van der Waals surface area (Å²) in [5.74, 6) is 0.474. The first-order valence-corrected chi connectivity index (χ1v) is 11.0. The van der Waals surface area contributed by atoms with Gasteiger partial charge in [-0.3, -0.25) is 0 Å². The highest BCUT2D eigenvalue weighted by molar-refractivity contribution is 7.91. The maximum atomic E-state index is 13.1. The van der Waals surface area contributed by atoms with E-state index >= 15 is 0 Å². The number of oxazole rings is 1. The van der Waals surface area contributed by atoms with Gasteiger partial charge in [-0.25, -0.2) is 8.42 Å². The molecule has 0 aliphatic heterocycles. The first kappa shape index (κ1) is 20.1. The van der Waals surface area contributed by atoms with E-state index in [9.17, 15) is 8.42 Å². The number of nitrogens with zero attached hydrogens (tertiary/aromatic N) is 1. The van der Waals surface area contributed by atoms with Crippen molar-refractivity contribution in [1.29, 1.82) is 0 Å². The molecule has 0 radical (unpaired) electrons. The summed E-state index contributed by atoms with van der Waals surface area (Å²) in [5.41, 5.74) is 0.731. The molecular formula is C21H26N3O3S+. The summed E-state index contributed by atoms with van der Waals surface area (Å²) >= 11 is 0. The monoisotopic (exact) mass is 400 g/mol. The van der Waals surface area contributed by atoms with E-state index in [1.807, 2.05) is 30.3 Å². The molecule has 0 bridgehead atoms. The topological polar surface area (TPSA) is 76.6 Å². The smallest absolute Gasteiger partial charge is 0.234 e. The van der Waals surface area contributed by atoms with Crippen LogP contribution >= 0.6 is 0 Å². The Morgan fingerprint density at radius 1 is 0.964 bits per heavy atom. The van der Waals surface area contributed by atoms with Crippen LogP contribution in [0.1, 0.15) is 13.8 Å². The van der Waals surface area contributed by atoms with Gasteiger partial charge in [0, 0.05) is 5.56 Å². The molecular weight excluding hydrogens is 374 g/mol. The number of benzene rings is 2. The van der Waals surface area contributed by atoms with Gasteiger partial charge in [-0.15, -0.1) is 0 Å². The summed E-state index contributed by atoms with van der Waals surface area (Å²) in [6.45, 7) is 7.74. The van der Waals surface area contributed by atoms with E-state index in [2.05, 4.69) is 24.1 Å². The number of quaternary nitrogens is 1. The molecule has 1 aromatic heterocycles. The zero-order chi connectivity index (χ0) is 20.0. The molecule has 0 saturated carbocycles. The van der Waals surface area contributed by atoms with Crippen molar-refractivity contribution in [2.75, 3.05) is 31.5 Å². The molecule has 0 spiro atoms. The molecule has 28 heavy (non-hydrogen) atoms. The average molecular weight is 401 g/mol. The van der Waals surface area contributed by atoms with E-state index in [0.717, 1.165) is 25.2 Å². The van der Waals surface area contributed by atoms with Crippen LogP contribution in [-0.4, -0.2) is 39.6 Å². The normalized spacial score (nSPS) is 11.7. The lowest BCUT2D eigenvalue weighted by atomic mass is 10.2. The van der Waals surface area contributed by atoms with Crippen LogP contribution in [0.3, 0.4) is 0 Å². The van der Waals surface area contributed by atoms with Crippen LogP contribution in [0.4, 0.5) is 5.88 Å². The molecule has 1 heterocycles. The van der Waals surface area contributed by atoms with Crippen LogP contribution in [-0.2, 0) is 9.84 Å². The fraction of sp³-hybridized carbons (Fsp3) is 0.286. The minimum atomic E-state index is -3.79. The van der Waals surface area contributed by atoms with Gasteiger partial charge in [0.25, 0.3) is 0 Å². The van der Waals surface area contributed by atoms with Crippen molar-refractivity contribution >= 4 is 15.7 Å². The third-order valence-corrected chi connectivity index (χ3v) is 6.37. The second-order valence-electron chi connectivity index (χ2n) is 6.47. The molecule has 0 fully saturated rings. The predicted molar refractivity (Wildman–Crippen MR) is 109 cm³/mol. The van der Waals surface area contributed by atoms with Crippen LogP contribution in [0.25, 0.3) is 11.5 Å². The van der Waals surface area contributed by atoms with Crippen molar-refractivity contribution in [2.24, 2.45) is 0 Å². The third kappa shape index (κ3) is 4.43. The molecule has 0 saturated heterocycles. The number of aromatic nitrogens is 1. The highest BCUT2D eigenvalue weighted by atomic mass is 32.2. The fourth-order valence-corrected chi connectivity index (χ4v) is 4.27. The minimum Gasteiger partial charge on any atom is -0.419 e. The maximum absolute atomic E-state index is 13.1.